The van der Waals surface area contributed by atoms with E-state index in [0.29, 0.717) is 0 Å². The molecule has 0 fully saturated rings. The fraction of sp³-hybridized carbons (Fsp3) is 0.600. The molecule has 0 aliphatic heterocycles. The predicted molar refractivity (Wildman–Crippen MR) is 81.3 cm³/mol. The van der Waals surface area contributed by atoms with Crippen LogP contribution in [0.5, 0.6) is 0 Å². The van der Waals surface area contributed by atoms with Crippen LogP contribution in [0.3, 0.4) is 0 Å². The molecule has 0 aliphatic rings. The van der Waals surface area contributed by atoms with E-state index in [4.69, 9.17) is 0 Å². The van der Waals surface area contributed by atoms with Crippen molar-refractivity contribution in [2.24, 2.45) is 0 Å². The van der Waals surface area contributed by atoms with E-state index in [0.717, 1.165) is 25.1 Å². The summed E-state index contributed by atoms with van der Waals surface area (Å²) >= 11 is 1.89. The maximum absolute atomic E-state index is 10.1. The highest BCUT2D eigenvalue weighted by Crippen LogP contribution is 2.17. The van der Waals surface area contributed by atoms with E-state index in [2.05, 4.69) is 37.3 Å². The maximum atomic E-state index is 10.1. The fourth-order valence-corrected chi connectivity index (χ4v) is 2.31. The molecule has 1 atom stereocenters. The monoisotopic (exact) mass is 267 g/mol. The van der Waals surface area contributed by atoms with Crippen molar-refractivity contribution in [1.29, 1.82) is 0 Å². The average Bonchev–Trinajstić information content (AvgIpc) is 2.37. The predicted octanol–water partition coefficient (Wildman–Crippen LogP) is 3.10. The van der Waals surface area contributed by atoms with Crippen molar-refractivity contribution >= 4 is 11.8 Å². The largest absolute Gasteiger partial charge is 0.388 e. The molecule has 0 radical (unpaired) electrons. The molecule has 0 heterocycles. The van der Waals surface area contributed by atoms with Gasteiger partial charge in [0.25, 0.3) is 0 Å². The lowest BCUT2D eigenvalue weighted by atomic mass is 10.0. The Morgan fingerprint density at radius 2 is 1.89 bits per heavy atom. The second kappa shape index (κ2) is 8.57. The molecule has 1 aromatic rings. The normalized spacial score (nSPS) is 12.9. The highest BCUT2D eigenvalue weighted by atomic mass is 32.2. The zero-order valence-corrected chi connectivity index (χ0v) is 12.5. The lowest BCUT2D eigenvalue weighted by molar-refractivity contribution is 0.149. The van der Waals surface area contributed by atoms with Crippen LogP contribution in [-0.2, 0) is 0 Å². The van der Waals surface area contributed by atoms with Gasteiger partial charge in [0.2, 0.25) is 0 Å². The molecule has 3 heteroatoms. The smallest absolute Gasteiger partial charge is 0.0802 e. The van der Waals surface area contributed by atoms with Gasteiger partial charge >= 0.3 is 0 Å². The Kier molecular flexibility index (Phi) is 7.40. The van der Waals surface area contributed by atoms with Crippen LogP contribution in [-0.4, -0.2) is 42.2 Å². The summed E-state index contributed by atoms with van der Waals surface area (Å²) in [6, 6.07) is 8.16. The summed E-state index contributed by atoms with van der Waals surface area (Å²) in [5.41, 5.74) is 2.26. The van der Waals surface area contributed by atoms with Gasteiger partial charge in [-0.05, 0) is 50.9 Å². The molecule has 1 unspecified atom stereocenters. The number of thioether (sulfide) groups is 1. The van der Waals surface area contributed by atoms with Crippen LogP contribution in [0.2, 0.25) is 0 Å². The van der Waals surface area contributed by atoms with Gasteiger partial charge in [-0.25, -0.2) is 0 Å². The van der Waals surface area contributed by atoms with Crippen molar-refractivity contribution in [1.82, 2.24) is 4.90 Å². The molecule has 2 nitrogen and oxygen atoms in total. The number of hydrogen-bond acceptors (Lipinski definition) is 3. The number of nitrogens with zero attached hydrogens (tertiary/aromatic N) is 1. The first kappa shape index (κ1) is 15.5. The first-order valence-electron chi connectivity index (χ1n) is 6.55. The summed E-state index contributed by atoms with van der Waals surface area (Å²) in [6.07, 6.45) is 3.83. The standard InChI is InChI=1S/C15H25NOS/c1-13-5-7-14(8-6-13)15(17)9-11-16(2)10-4-12-18-3/h5-8,15,17H,4,9-12H2,1-3H3. The number of aliphatic hydroxyl groups excluding tert-OH is 1. The summed E-state index contributed by atoms with van der Waals surface area (Å²) in [4.78, 5) is 2.30. The Morgan fingerprint density at radius 3 is 2.50 bits per heavy atom. The molecule has 102 valence electrons. The van der Waals surface area contributed by atoms with Crippen molar-refractivity contribution in [3.8, 4) is 0 Å². The third-order valence-electron chi connectivity index (χ3n) is 3.13. The zero-order chi connectivity index (χ0) is 13.4. The van der Waals surface area contributed by atoms with Crippen molar-refractivity contribution in [2.45, 2.75) is 25.9 Å². The van der Waals surface area contributed by atoms with E-state index in [-0.39, 0.29) is 6.10 Å². The average molecular weight is 267 g/mol. The first-order chi connectivity index (χ1) is 8.63. The molecule has 0 spiro atoms. The molecule has 0 amide bonds. The molecule has 1 rings (SSSR count). The van der Waals surface area contributed by atoms with Crippen LogP contribution in [0.25, 0.3) is 0 Å². The second-order valence-electron chi connectivity index (χ2n) is 4.86. The second-order valence-corrected chi connectivity index (χ2v) is 5.85. The Bertz CT molecular complexity index is 326. The third kappa shape index (κ3) is 5.89. The minimum Gasteiger partial charge on any atom is -0.388 e. The molecule has 0 saturated carbocycles. The molecular weight excluding hydrogens is 242 g/mol. The van der Waals surface area contributed by atoms with Crippen molar-refractivity contribution in [3.63, 3.8) is 0 Å². The quantitative estimate of drug-likeness (QED) is 0.732. The minimum absolute atomic E-state index is 0.339. The molecule has 0 bridgehead atoms. The van der Waals surface area contributed by atoms with Gasteiger partial charge in [0.05, 0.1) is 6.10 Å². The number of aliphatic hydroxyl groups is 1. The van der Waals surface area contributed by atoms with Crippen molar-refractivity contribution < 1.29 is 5.11 Å². The lowest BCUT2D eigenvalue weighted by Gasteiger charge is -2.19. The van der Waals surface area contributed by atoms with E-state index in [1.807, 2.05) is 23.9 Å². The van der Waals surface area contributed by atoms with Gasteiger partial charge < -0.3 is 10.0 Å². The van der Waals surface area contributed by atoms with E-state index in [1.54, 1.807) is 0 Å². The van der Waals surface area contributed by atoms with Gasteiger partial charge in [0.1, 0.15) is 0 Å². The summed E-state index contributed by atoms with van der Waals surface area (Å²) in [5.74, 6) is 1.21. The van der Waals surface area contributed by atoms with Crippen LogP contribution in [0, 0.1) is 6.92 Å². The first-order valence-corrected chi connectivity index (χ1v) is 7.95. The summed E-state index contributed by atoms with van der Waals surface area (Å²) in [7, 11) is 2.13. The van der Waals surface area contributed by atoms with Crippen molar-refractivity contribution in [2.75, 3.05) is 32.1 Å². The van der Waals surface area contributed by atoms with Gasteiger partial charge in [0.15, 0.2) is 0 Å². The lowest BCUT2D eigenvalue weighted by Crippen LogP contribution is -2.22. The van der Waals surface area contributed by atoms with E-state index < -0.39 is 0 Å². The summed E-state index contributed by atoms with van der Waals surface area (Å²) in [5, 5.41) is 10.1. The number of aryl methyl sites for hydroxylation is 1. The molecule has 0 saturated heterocycles. The van der Waals surface area contributed by atoms with Crippen LogP contribution < -0.4 is 0 Å². The number of benzene rings is 1. The Morgan fingerprint density at radius 1 is 1.22 bits per heavy atom. The van der Waals surface area contributed by atoms with Gasteiger partial charge in [-0.15, -0.1) is 0 Å². The van der Waals surface area contributed by atoms with Gasteiger partial charge in [-0.2, -0.15) is 11.8 Å². The Hall–Kier alpha value is -0.510. The SMILES string of the molecule is CSCCCN(C)CCC(O)c1ccc(C)cc1. The van der Waals surface area contributed by atoms with Gasteiger partial charge in [-0.3, -0.25) is 0 Å². The van der Waals surface area contributed by atoms with E-state index in [9.17, 15) is 5.11 Å². The number of rotatable bonds is 8. The minimum atomic E-state index is -0.339. The summed E-state index contributed by atoms with van der Waals surface area (Å²) in [6.45, 7) is 4.13. The molecule has 0 aromatic heterocycles. The molecule has 1 aromatic carbocycles. The zero-order valence-electron chi connectivity index (χ0n) is 11.7. The topological polar surface area (TPSA) is 23.5 Å². The fourth-order valence-electron chi connectivity index (χ4n) is 1.89. The maximum Gasteiger partial charge on any atom is 0.0802 e. The highest BCUT2D eigenvalue weighted by Gasteiger charge is 2.08. The van der Waals surface area contributed by atoms with Crippen LogP contribution in [0.1, 0.15) is 30.1 Å². The Balaban J connectivity index is 2.27. The molecule has 1 N–H and O–H groups in total. The molecule has 0 aliphatic carbocycles. The van der Waals surface area contributed by atoms with Crippen molar-refractivity contribution in [3.05, 3.63) is 35.4 Å². The van der Waals surface area contributed by atoms with E-state index >= 15 is 0 Å². The van der Waals surface area contributed by atoms with Crippen LogP contribution in [0.4, 0.5) is 0 Å². The Labute approximate surface area is 115 Å². The molecule has 18 heavy (non-hydrogen) atoms. The summed E-state index contributed by atoms with van der Waals surface area (Å²) < 4.78 is 0. The van der Waals surface area contributed by atoms with Crippen LogP contribution in [0.15, 0.2) is 24.3 Å². The van der Waals surface area contributed by atoms with Crippen LogP contribution >= 0.6 is 11.8 Å². The van der Waals surface area contributed by atoms with Gasteiger partial charge in [0, 0.05) is 6.54 Å². The van der Waals surface area contributed by atoms with E-state index in [1.165, 1.54) is 17.7 Å². The molecular formula is C15H25NOS. The third-order valence-corrected chi connectivity index (χ3v) is 3.83. The van der Waals surface area contributed by atoms with Gasteiger partial charge in [-0.1, -0.05) is 29.8 Å². The highest BCUT2D eigenvalue weighted by molar-refractivity contribution is 7.98. The number of hydrogen-bond donors (Lipinski definition) is 1.